The highest BCUT2D eigenvalue weighted by Crippen LogP contribution is 2.20. The Labute approximate surface area is 90.8 Å². The molecular weight excluding hydrogens is 168 g/mol. The first kappa shape index (κ1) is 13.7. The van der Waals surface area contributed by atoms with Crippen molar-refractivity contribution >= 4 is 0 Å². The highest BCUT2D eigenvalue weighted by atomic mass is 14.1. The van der Waals surface area contributed by atoms with Crippen LogP contribution in [0, 0.1) is 11.8 Å². The molecule has 2 atom stereocenters. The zero-order chi connectivity index (χ0) is 11.0. The van der Waals surface area contributed by atoms with Gasteiger partial charge in [0.25, 0.3) is 0 Å². The zero-order valence-electron chi connectivity index (χ0n) is 10.8. The fraction of sp³-hybridized carbons (Fsp3) is 0.857. The van der Waals surface area contributed by atoms with Gasteiger partial charge in [-0.05, 0) is 38.5 Å². The number of hydrogen-bond acceptors (Lipinski definition) is 0. The molecule has 0 nitrogen and oxygen atoms in total. The lowest BCUT2D eigenvalue weighted by atomic mass is 9.91. The third kappa shape index (κ3) is 8.34. The van der Waals surface area contributed by atoms with Crippen molar-refractivity contribution in [3.05, 3.63) is 11.6 Å². The molecule has 0 aliphatic rings. The number of rotatable bonds is 7. The minimum atomic E-state index is 0.858. The van der Waals surface area contributed by atoms with Crippen LogP contribution in [0.1, 0.15) is 66.7 Å². The minimum Gasteiger partial charge on any atom is -0.0856 e. The fourth-order valence-corrected chi connectivity index (χ4v) is 1.89. The maximum Gasteiger partial charge on any atom is -0.0322 e. The molecular formula is C14H28. The molecule has 14 heavy (non-hydrogen) atoms. The summed E-state index contributed by atoms with van der Waals surface area (Å²) in [5.41, 5.74) is 1.46. The van der Waals surface area contributed by atoms with Gasteiger partial charge in [0.2, 0.25) is 0 Å². The molecule has 0 bridgehead atoms. The first-order chi connectivity index (χ1) is 6.56. The number of allylic oxidation sites excluding steroid dienone is 2. The number of unbranched alkanes of at least 4 members (excludes halogenated alkanes) is 1. The molecule has 0 heteroatoms. The molecule has 0 aromatic carbocycles. The molecule has 0 N–H and O–H groups in total. The van der Waals surface area contributed by atoms with Gasteiger partial charge >= 0.3 is 0 Å². The Morgan fingerprint density at radius 1 is 1.14 bits per heavy atom. The summed E-state index contributed by atoms with van der Waals surface area (Å²) in [5.74, 6) is 1.77. The molecule has 0 rings (SSSR count). The predicted octanol–water partition coefficient (Wildman–Crippen LogP) is 5.20. The van der Waals surface area contributed by atoms with Gasteiger partial charge in [-0.15, -0.1) is 0 Å². The van der Waals surface area contributed by atoms with E-state index in [1.165, 1.54) is 37.7 Å². The van der Waals surface area contributed by atoms with Gasteiger partial charge < -0.3 is 0 Å². The van der Waals surface area contributed by atoms with Crippen LogP contribution in [0.3, 0.4) is 0 Å². The first-order valence-electron chi connectivity index (χ1n) is 6.19. The Hall–Kier alpha value is -0.260. The summed E-state index contributed by atoms with van der Waals surface area (Å²) >= 11 is 0. The van der Waals surface area contributed by atoms with Crippen LogP contribution in [0.5, 0.6) is 0 Å². The minimum absolute atomic E-state index is 0.858. The third-order valence-electron chi connectivity index (χ3n) is 2.78. The molecule has 0 aromatic rings. The summed E-state index contributed by atoms with van der Waals surface area (Å²) in [6.07, 6.45) is 9.18. The monoisotopic (exact) mass is 196 g/mol. The van der Waals surface area contributed by atoms with E-state index in [-0.39, 0.29) is 0 Å². The third-order valence-corrected chi connectivity index (χ3v) is 2.78. The van der Waals surface area contributed by atoms with Crippen molar-refractivity contribution in [1.29, 1.82) is 0 Å². The molecule has 0 aliphatic heterocycles. The maximum atomic E-state index is 2.40. The van der Waals surface area contributed by atoms with Gasteiger partial charge in [-0.25, -0.2) is 0 Å². The molecule has 0 saturated heterocycles. The lowest BCUT2D eigenvalue weighted by Crippen LogP contribution is -2.02. The lowest BCUT2D eigenvalue weighted by molar-refractivity contribution is 0.387. The largest absolute Gasteiger partial charge is 0.0856 e. The fourth-order valence-electron chi connectivity index (χ4n) is 1.89. The summed E-state index contributed by atoms with van der Waals surface area (Å²) in [5, 5.41) is 0. The standard InChI is InChI=1S/C14H28/c1-6-7-8-13(4)11-14(5)10-9-12(2)3/h9,13-14H,6-8,10-11H2,1-5H3. The highest BCUT2D eigenvalue weighted by Gasteiger charge is 2.06. The quantitative estimate of drug-likeness (QED) is 0.491. The Morgan fingerprint density at radius 2 is 1.79 bits per heavy atom. The van der Waals surface area contributed by atoms with Crippen molar-refractivity contribution in [3.63, 3.8) is 0 Å². The average Bonchev–Trinajstić information content (AvgIpc) is 2.11. The van der Waals surface area contributed by atoms with Crippen molar-refractivity contribution < 1.29 is 0 Å². The van der Waals surface area contributed by atoms with E-state index in [0.717, 1.165) is 11.8 Å². The van der Waals surface area contributed by atoms with Gasteiger partial charge in [-0.1, -0.05) is 51.7 Å². The van der Waals surface area contributed by atoms with Crippen LogP contribution in [-0.2, 0) is 0 Å². The molecule has 0 saturated carbocycles. The summed E-state index contributed by atoms with van der Waals surface area (Å²) in [6.45, 7) is 11.4. The average molecular weight is 196 g/mol. The van der Waals surface area contributed by atoms with Gasteiger partial charge in [0.05, 0.1) is 0 Å². The second kappa shape index (κ2) is 8.08. The predicted molar refractivity (Wildman–Crippen MR) is 66.5 cm³/mol. The Bertz CT molecular complexity index is 151. The summed E-state index contributed by atoms with van der Waals surface area (Å²) in [6, 6.07) is 0. The second-order valence-electron chi connectivity index (χ2n) is 5.11. The van der Waals surface area contributed by atoms with Gasteiger partial charge in [0.15, 0.2) is 0 Å². The SMILES string of the molecule is CCCCC(C)CC(C)CC=C(C)C. The van der Waals surface area contributed by atoms with E-state index >= 15 is 0 Å². The van der Waals surface area contributed by atoms with Crippen molar-refractivity contribution in [1.82, 2.24) is 0 Å². The molecule has 0 spiro atoms. The topological polar surface area (TPSA) is 0 Å². The van der Waals surface area contributed by atoms with Gasteiger partial charge in [-0.2, -0.15) is 0 Å². The molecule has 0 aromatic heterocycles. The molecule has 0 aliphatic carbocycles. The van der Waals surface area contributed by atoms with E-state index in [2.05, 4.69) is 40.7 Å². The first-order valence-corrected chi connectivity index (χ1v) is 6.19. The molecule has 0 amide bonds. The lowest BCUT2D eigenvalue weighted by Gasteiger charge is -2.15. The Kier molecular flexibility index (Phi) is 7.93. The van der Waals surface area contributed by atoms with Crippen molar-refractivity contribution in [3.8, 4) is 0 Å². The maximum absolute atomic E-state index is 2.40. The van der Waals surface area contributed by atoms with E-state index in [1.807, 2.05) is 0 Å². The smallest absolute Gasteiger partial charge is 0.0322 e. The Balaban J connectivity index is 3.60. The summed E-state index contributed by atoms with van der Waals surface area (Å²) < 4.78 is 0. The van der Waals surface area contributed by atoms with Crippen LogP contribution < -0.4 is 0 Å². The van der Waals surface area contributed by atoms with E-state index in [9.17, 15) is 0 Å². The Morgan fingerprint density at radius 3 is 2.29 bits per heavy atom. The molecule has 2 unspecified atom stereocenters. The zero-order valence-corrected chi connectivity index (χ0v) is 10.8. The summed E-state index contributed by atoms with van der Waals surface area (Å²) in [4.78, 5) is 0. The molecule has 0 radical (unpaired) electrons. The highest BCUT2D eigenvalue weighted by molar-refractivity contribution is 4.93. The van der Waals surface area contributed by atoms with Crippen molar-refractivity contribution in [2.75, 3.05) is 0 Å². The summed E-state index contributed by atoms with van der Waals surface area (Å²) in [7, 11) is 0. The van der Waals surface area contributed by atoms with E-state index < -0.39 is 0 Å². The van der Waals surface area contributed by atoms with Gasteiger partial charge in [-0.3, -0.25) is 0 Å². The van der Waals surface area contributed by atoms with E-state index in [4.69, 9.17) is 0 Å². The van der Waals surface area contributed by atoms with Gasteiger partial charge in [0.1, 0.15) is 0 Å². The van der Waals surface area contributed by atoms with Crippen molar-refractivity contribution in [2.45, 2.75) is 66.7 Å². The van der Waals surface area contributed by atoms with Crippen LogP contribution in [0.25, 0.3) is 0 Å². The normalized spacial score (nSPS) is 14.9. The van der Waals surface area contributed by atoms with E-state index in [1.54, 1.807) is 0 Å². The number of hydrogen-bond donors (Lipinski definition) is 0. The van der Waals surface area contributed by atoms with Crippen LogP contribution >= 0.6 is 0 Å². The van der Waals surface area contributed by atoms with Crippen LogP contribution in [0.2, 0.25) is 0 Å². The molecule has 0 heterocycles. The molecule has 84 valence electrons. The molecule has 0 fully saturated rings. The van der Waals surface area contributed by atoms with Crippen molar-refractivity contribution in [2.24, 2.45) is 11.8 Å². The van der Waals surface area contributed by atoms with Crippen LogP contribution in [-0.4, -0.2) is 0 Å². The van der Waals surface area contributed by atoms with E-state index in [0.29, 0.717) is 0 Å². The van der Waals surface area contributed by atoms with Crippen LogP contribution in [0.4, 0.5) is 0 Å². The van der Waals surface area contributed by atoms with Gasteiger partial charge in [0, 0.05) is 0 Å². The second-order valence-corrected chi connectivity index (χ2v) is 5.11. The van der Waals surface area contributed by atoms with Crippen LogP contribution in [0.15, 0.2) is 11.6 Å².